The molecule has 2 aliphatic carbocycles. The highest BCUT2D eigenvalue weighted by Gasteiger charge is 2.51. The van der Waals surface area contributed by atoms with Crippen molar-refractivity contribution in [2.24, 2.45) is 0 Å². The van der Waals surface area contributed by atoms with Gasteiger partial charge in [-0.3, -0.25) is 9.59 Å². The molecule has 0 unspecified atom stereocenters. The molecule has 7 heteroatoms. The molecule has 2 aromatic carbocycles. The number of carbonyl (C=O) groups excluding carboxylic acids is 2. The van der Waals surface area contributed by atoms with Crippen molar-refractivity contribution in [3.05, 3.63) is 59.7 Å². The van der Waals surface area contributed by atoms with Gasteiger partial charge in [0.2, 0.25) is 5.91 Å². The van der Waals surface area contributed by atoms with Crippen LogP contribution < -0.4 is 10.6 Å². The summed E-state index contributed by atoms with van der Waals surface area (Å²) >= 11 is 0. The van der Waals surface area contributed by atoms with Gasteiger partial charge >= 0.3 is 12.1 Å². The summed E-state index contributed by atoms with van der Waals surface area (Å²) in [6.45, 7) is -0.320. The van der Waals surface area contributed by atoms with Crippen molar-refractivity contribution >= 4 is 18.0 Å². The summed E-state index contributed by atoms with van der Waals surface area (Å²) in [5.41, 5.74) is 3.43. The number of alkyl carbamates (subject to hydrolysis) is 1. The van der Waals surface area contributed by atoms with Crippen molar-refractivity contribution in [3.63, 3.8) is 0 Å². The van der Waals surface area contributed by atoms with E-state index < -0.39 is 30.1 Å². The molecule has 1 fully saturated rings. The van der Waals surface area contributed by atoms with Crippen molar-refractivity contribution in [3.8, 4) is 11.1 Å². The lowest BCUT2D eigenvalue weighted by atomic mass is 9.98. The number of carbonyl (C=O) groups is 3. The fourth-order valence-corrected chi connectivity index (χ4v) is 3.69. The monoisotopic (exact) mass is 380 g/mol. The molecule has 0 heterocycles. The summed E-state index contributed by atoms with van der Waals surface area (Å²) in [6, 6.07) is 16.1. The molecule has 0 aromatic heterocycles. The average Bonchev–Trinajstić information content (AvgIpc) is 3.40. The number of carboxylic acid groups (broad SMARTS) is 1. The summed E-state index contributed by atoms with van der Waals surface area (Å²) in [7, 11) is 0. The molecular formula is C21H20N2O5. The Morgan fingerprint density at radius 3 is 2.11 bits per heavy atom. The topological polar surface area (TPSA) is 105 Å². The Bertz CT molecular complexity index is 906. The van der Waals surface area contributed by atoms with Gasteiger partial charge < -0.3 is 20.5 Å². The number of amides is 2. The first-order chi connectivity index (χ1) is 13.5. The lowest BCUT2D eigenvalue weighted by Crippen LogP contribution is -2.50. The van der Waals surface area contributed by atoms with Gasteiger partial charge in [-0.1, -0.05) is 48.5 Å². The van der Waals surface area contributed by atoms with E-state index in [0.29, 0.717) is 12.8 Å². The van der Waals surface area contributed by atoms with Crippen LogP contribution in [0.2, 0.25) is 0 Å². The number of nitrogens with one attached hydrogen (secondary N) is 2. The third kappa shape index (κ3) is 3.31. The van der Waals surface area contributed by atoms with Gasteiger partial charge in [-0.05, 0) is 35.1 Å². The highest BCUT2D eigenvalue weighted by Crippen LogP contribution is 2.44. The summed E-state index contributed by atoms with van der Waals surface area (Å²) in [4.78, 5) is 35.0. The third-order valence-corrected chi connectivity index (χ3v) is 5.27. The normalized spacial score (nSPS) is 15.9. The maximum atomic E-state index is 12.3. The average molecular weight is 380 g/mol. The maximum absolute atomic E-state index is 12.3. The number of ether oxygens (including phenoxy) is 1. The lowest BCUT2D eigenvalue weighted by molar-refractivity contribution is -0.138. The highest BCUT2D eigenvalue weighted by atomic mass is 16.5. The van der Waals surface area contributed by atoms with E-state index in [0.717, 1.165) is 22.3 Å². The maximum Gasteiger partial charge on any atom is 0.408 e. The number of carboxylic acids is 1. The quantitative estimate of drug-likeness (QED) is 0.713. The van der Waals surface area contributed by atoms with Crippen molar-refractivity contribution in [1.82, 2.24) is 10.6 Å². The molecule has 0 atom stereocenters. The number of hydrogen-bond donors (Lipinski definition) is 3. The molecule has 2 amide bonds. The van der Waals surface area contributed by atoms with Crippen LogP contribution in [0.3, 0.4) is 0 Å². The molecular weight excluding hydrogens is 360 g/mol. The summed E-state index contributed by atoms with van der Waals surface area (Å²) in [5, 5.41) is 13.6. The predicted molar refractivity (Wildman–Crippen MR) is 101 cm³/mol. The first-order valence-electron chi connectivity index (χ1n) is 9.13. The molecule has 0 spiro atoms. The van der Waals surface area contributed by atoms with Gasteiger partial charge in [0.15, 0.2) is 0 Å². The van der Waals surface area contributed by atoms with Crippen LogP contribution in [-0.4, -0.2) is 41.8 Å². The van der Waals surface area contributed by atoms with Gasteiger partial charge in [-0.15, -0.1) is 0 Å². The molecule has 4 rings (SSSR count). The van der Waals surface area contributed by atoms with E-state index >= 15 is 0 Å². The molecule has 1 saturated carbocycles. The van der Waals surface area contributed by atoms with Gasteiger partial charge in [0.25, 0.3) is 0 Å². The molecule has 0 radical (unpaired) electrons. The van der Waals surface area contributed by atoms with E-state index in [1.165, 1.54) is 0 Å². The van der Waals surface area contributed by atoms with Gasteiger partial charge in [0.1, 0.15) is 18.7 Å². The van der Waals surface area contributed by atoms with Crippen LogP contribution in [0.15, 0.2) is 48.5 Å². The van der Waals surface area contributed by atoms with Crippen LogP contribution in [0.25, 0.3) is 11.1 Å². The second-order valence-electron chi connectivity index (χ2n) is 7.11. The van der Waals surface area contributed by atoms with Crippen LogP contribution in [0.1, 0.15) is 29.9 Å². The smallest absolute Gasteiger partial charge is 0.408 e. The van der Waals surface area contributed by atoms with Crippen molar-refractivity contribution < 1.29 is 24.2 Å². The highest BCUT2D eigenvalue weighted by molar-refractivity contribution is 5.94. The number of fused-ring (bicyclic) bond motifs is 3. The summed E-state index contributed by atoms with van der Waals surface area (Å²) in [5.74, 6) is -1.69. The van der Waals surface area contributed by atoms with E-state index in [1.54, 1.807) is 0 Å². The van der Waals surface area contributed by atoms with Gasteiger partial charge in [0.05, 0.1) is 0 Å². The fourth-order valence-electron chi connectivity index (χ4n) is 3.69. The van der Waals surface area contributed by atoms with Crippen molar-refractivity contribution in [1.29, 1.82) is 0 Å². The Labute approximate surface area is 161 Å². The zero-order valence-corrected chi connectivity index (χ0v) is 15.1. The van der Waals surface area contributed by atoms with E-state index in [-0.39, 0.29) is 12.5 Å². The number of hydrogen-bond acceptors (Lipinski definition) is 4. The van der Waals surface area contributed by atoms with E-state index in [4.69, 9.17) is 9.84 Å². The van der Waals surface area contributed by atoms with Crippen LogP contribution >= 0.6 is 0 Å². The second-order valence-corrected chi connectivity index (χ2v) is 7.11. The molecule has 28 heavy (non-hydrogen) atoms. The minimum absolute atomic E-state index is 0.0610. The molecule has 0 bridgehead atoms. The Morgan fingerprint density at radius 1 is 1.00 bits per heavy atom. The van der Waals surface area contributed by atoms with Crippen LogP contribution in [0, 0.1) is 0 Å². The Hall–Kier alpha value is -3.35. The molecule has 7 nitrogen and oxygen atoms in total. The molecule has 3 N–H and O–H groups in total. The largest absolute Gasteiger partial charge is 0.480 e. The molecule has 2 aromatic rings. The zero-order chi connectivity index (χ0) is 19.7. The van der Waals surface area contributed by atoms with Gasteiger partial charge in [-0.25, -0.2) is 4.79 Å². The van der Waals surface area contributed by atoms with E-state index in [9.17, 15) is 14.4 Å². The van der Waals surface area contributed by atoms with Crippen molar-refractivity contribution in [2.75, 3.05) is 13.2 Å². The Kier molecular flexibility index (Phi) is 4.50. The van der Waals surface area contributed by atoms with Crippen LogP contribution in [-0.2, 0) is 14.3 Å². The second kappa shape index (κ2) is 6.99. The minimum Gasteiger partial charge on any atom is -0.480 e. The molecule has 0 aliphatic heterocycles. The lowest BCUT2D eigenvalue weighted by Gasteiger charge is -2.18. The van der Waals surface area contributed by atoms with Crippen LogP contribution in [0.5, 0.6) is 0 Å². The van der Waals surface area contributed by atoms with Gasteiger partial charge in [0, 0.05) is 5.92 Å². The zero-order valence-electron chi connectivity index (χ0n) is 15.1. The van der Waals surface area contributed by atoms with E-state index in [1.807, 2.05) is 36.4 Å². The van der Waals surface area contributed by atoms with Crippen LogP contribution in [0.4, 0.5) is 4.79 Å². The van der Waals surface area contributed by atoms with Crippen molar-refractivity contribution in [2.45, 2.75) is 24.3 Å². The Balaban J connectivity index is 1.41. The fraction of sp³-hybridized carbons (Fsp3) is 0.286. The van der Waals surface area contributed by atoms with E-state index in [2.05, 4.69) is 22.8 Å². The standard InChI is InChI=1S/C21H20N2O5/c24-18(25)11-22-19(26)21(9-10-21)23-20(27)28-12-17-15-7-3-1-5-13(15)14-6-2-4-8-16(14)17/h1-8,17H,9-12H2,(H,22,26)(H,23,27)(H,24,25). The number of benzene rings is 2. The first-order valence-corrected chi connectivity index (χ1v) is 9.13. The number of aliphatic carboxylic acids is 1. The summed E-state index contributed by atoms with van der Waals surface area (Å²) < 4.78 is 5.44. The number of rotatable bonds is 6. The SMILES string of the molecule is O=C(O)CNC(=O)C1(NC(=O)OCC2c3ccccc3-c3ccccc32)CC1. The molecule has 2 aliphatic rings. The van der Waals surface area contributed by atoms with Gasteiger partial charge in [-0.2, -0.15) is 0 Å². The third-order valence-electron chi connectivity index (χ3n) is 5.27. The molecule has 144 valence electrons. The predicted octanol–water partition coefficient (Wildman–Crippen LogP) is 2.26. The minimum atomic E-state index is -1.13. The molecule has 0 saturated heterocycles. The summed E-state index contributed by atoms with van der Waals surface area (Å²) in [6.07, 6.45) is 0.246. The first kappa shape index (κ1) is 18.0. The Morgan fingerprint density at radius 2 is 1.57 bits per heavy atom.